The van der Waals surface area contributed by atoms with Crippen LogP contribution in [0.1, 0.15) is 46.0 Å². The van der Waals surface area contributed by atoms with Crippen LogP contribution in [-0.2, 0) is 15.6 Å². The second-order valence-electron chi connectivity index (χ2n) is 5.89. The average molecular weight is 353 g/mol. The molecule has 8 heteroatoms. The molecule has 2 aromatic rings. The Labute approximate surface area is 138 Å². The van der Waals surface area contributed by atoms with Gasteiger partial charge in [0.2, 0.25) is 0 Å². The van der Waals surface area contributed by atoms with Crippen molar-refractivity contribution >= 4 is 15.6 Å². The molecule has 24 heavy (non-hydrogen) atoms. The number of sulfone groups is 1. The van der Waals surface area contributed by atoms with E-state index < -0.39 is 27.2 Å². The highest BCUT2D eigenvalue weighted by molar-refractivity contribution is 7.89. The standard InChI is InChI=1S/C16H16FNO5S/c1-22-13-6-5-10(12(14(13)17)8-24(2,20)21)15(19)11-7-18-23-16(11)9-3-4-9/h5-7,9H,3-4,8H2,1-2H3. The number of hydrogen-bond donors (Lipinski definition) is 0. The number of methoxy groups -OCH3 is 1. The number of halogens is 1. The summed E-state index contributed by atoms with van der Waals surface area (Å²) in [6.45, 7) is 0. The van der Waals surface area contributed by atoms with E-state index in [0.29, 0.717) is 5.76 Å². The van der Waals surface area contributed by atoms with E-state index in [9.17, 15) is 17.6 Å². The molecule has 1 aliphatic carbocycles. The molecule has 128 valence electrons. The van der Waals surface area contributed by atoms with Crippen molar-refractivity contribution in [2.45, 2.75) is 24.5 Å². The van der Waals surface area contributed by atoms with Gasteiger partial charge in [0.25, 0.3) is 0 Å². The minimum atomic E-state index is -3.55. The Bertz CT molecular complexity index is 899. The van der Waals surface area contributed by atoms with Gasteiger partial charge in [0.05, 0.1) is 24.6 Å². The molecular weight excluding hydrogens is 337 g/mol. The predicted octanol–water partition coefficient (Wildman–Crippen LogP) is 2.48. The molecule has 0 N–H and O–H groups in total. The van der Waals surface area contributed by atoms with Crippen LogP contribution in [0.15, 0.2) is 22.9 Å². The summed E-state index contributed by atoms with van der Waals surface area (Å²) in [6, 6.07) is 2.67. The Kier molecular flexibility index (Phi) is 4.16. The third-order valence-electron chi connectivity index (χ3n) is 3.87. The van der Waals surface area contributed by atoms with Crippen molar-refractivity contribution in [1.82, 2.24) is 5.16 Å². The summed E-state index contributed by atoms with van der Waals surface area (Å²) < 4.78 is 47.9. The Balaban J connectivity index is 2.10. The van der Waals surface area contributed by atoms with Crippen molar-refractivity contribution in [2.75, 3.05) is 13.4 Å². The van der Waals surface area contributed by atoms with Gasteiger partial charge in [-0.2, -0.15) is 0 Å². The zero-order valence-electron chi connectivity index (χ0n) is 13.2. The highest BCUT2D eigenvalue weighted by Gasteiger charge is 2.34. The van der Waals surface area contributed by atoms with Crippen molar-refractivity contribution in [2.24, 2.45) is 0 Å². The first-order valence-corrected chi connectivity index (χ1v) is 9.40. The lowest BCUT2D eigenvalue weighted by Crippen LogP contribution is -2.13. The second kappa shape index (κ2) is 6.01. The molecule has 1 aliphatic rings. The van der Waals surface area contributed by atoms with Gasteiger partial charge in [-0.25, -0.2) is 12.8 Å². The smallest absolute Gasteiger partial charge is 0.198 e. The van der Waals surface area contributed by atoms with Crippen molar-refractivity contribution in [3.8, 4) is 5.75 Å². The van der Waals surface area contributed by atoms with E-state index in [1.807, 2.05) is 0 Å². The van der Waals surface area contributed by atoms with Crippen LogP contribution < -0.4 is 4.74 Å². The fourth-order valence-electron chi connectivity index (χ4n) is 2.58. The van der Waals surface area contributed by atoms with Crippen molar-refractivity contribution in [3.05, 3.63) is 46.6 Å². The first-order chi connectivity index (χ1) is 11.3. The van der Waals surface area contributed by atoms with Gasteiger partial charge in [0, 0.05) is 23.3 Å². The van der Waals surface area contributed by atoms with Crippen molar-refractivity contribution < 1.29 is 26.9 Å². The van der Waals surface area contributed by atoms with Crippen LogP contribution >= 0.6 is 0 Å². The van der Waals surface area contributed by atoms with Gasteiger partial charge < -0.3 is 9.26 Å². The fourth-order valence-corrected chi connectivity index (χ4v) is 3.38. The molecule has 0 bridgehead atoms. The molecule has 1 fully saturated rings. The van der Waals surface area contributed by atoms with Gasteiger partial charge in [-0.3, -0.25) is 4.79 Å². The van der Waals surface area contributed by atoms with Crippen molar-refractivity contribution in [3.63, 3.8) is 0 Å². The highest BCUT2D eigenvalue weighted by Crippen LogP contribution is 2.42. The van der Waals surface area contributed by atoms with E-state index in [1.165, 1.54) is 25.4 Å². The molecule has 0 spiro atoms. The van der Waals surface area contributed by atoms with Crippen LogP contribution in [0.4, 0.5) is 4.39 Å². The SMILES string of the molecule is COc1ccc(C(=O)c2cnoc2C2CC2)c(CS(C)(=O)=O)c1F. The molecule has 1 heterocycles. The van der Waals surface area contributed by atoms with Gasteiger partial charge in [-0.15, -0.1) is 0 Å². The van der Waals surface area contributed by atoms with Gasteiger partial charge >= 0.3 is 0 Å². The number of ether oxygens (including phenoxy) is 1. The van der Waals surface area contributed by atoms with E-state index in [-0.39, 0.29) is 28.4 Å². The summed E-state index contributed by atoms with van der Waals surface area (Å²) in [7, 11) is -2.28. The average Bonchev–Trinajstić information content (AvgIpc) is 3.24. The van der Waals surface area contributed by atoms with Crippen LogP contribution in [-0.4, -0.2) is 32.7 Å². The molecule has 0 amide bonds. The van der Waals surface area contributed by atoms with Gasteiger partial charge in [0.15, 0.2) is 32.9 Å². The summed E-state index contributed by atoms with van der Waals surface area (Å²) in [4.78, 5) is 12.8. The molecule has 1 aromatic heterocycles. The Morgan fingerprint density at radius 2 is 2.08 bits per heavy atom. The number of benzene rings is 1. The Hall–Kier alpha value is -2.22. The summed E-state index contributed by atoms with van der Waals surface area (Å²) in [5, 5.41) is 3.66. The van der Waals surface area contributed by atoms with E-state index in [2.05, 4.69) is 5.16 Å². The minimum absolute atomic E-state index is 0.0242. The van der Waals surface area contributed by atoms with Crippen LogP contribution in [0.2, 0.25) is 0 Å². The Morgan fingerprint density at radius 1 is 1.38 bits per heavy atom. The van der Waals surface area contributed by atoms with Crippen LogP contribution in [0.25, 0.3) is 0 Å². The quantitative estimate of drug-likeness (QED) is 0.742. The first kappa shape index (κ1) is 16.6. The number of carbonyl (C=O) groups excluding carboxylic acids is 1. The van der Waals surface area contributed by atoms with Gasteiger partial charge in [-0.1, -0.05) is 5.16 Å². The molecule has 0 aliphatic heterocycles. The van der Waals surface area contributed by atoms with E-state index >= 15 is 0 Å². The monoisotopic (exact) mass is 353 g/mol. The molecule has 0 radical (unpaired) electrons. The highest BCUT2D eigenvalue weighted by atomic mass is 32.2. The predicted molar refractivity (Wildman–Crippen MR) is 83.4 cm³/mol. The molecule has 6 nitrogen and oxygen atoms in total. The van der Waals surface area contributed by atoms with E-state index in [0.717, 1.165) is 19.1 Å². The second-order valence-corrected chi connectivity index (χ2v) is 8.03. The molecule has 1 saturated carbocycles. The lowest BCUT2D eigenvalue weighted by atomic mass is 9.98. The molecule has 0 unspecified atom stereocenters. The van der Waals surface area contributed by atoms with Crippen LogP contribution in [0, 0.1) is 5.82 Å². The van der Waals surface area contributed by atoms with Gasteiger partial charge in [-0.05, 0) is 25.0 Å². The van der Waals surface area contributed by atoms with Crippen LogP contribution in [0.5, 0.6) is 5.75 Å². The van der Waals surface area contributed by atoms with Crippen molar-refractivity contribution in [1.29, 1.82) is 0 Å². The lowest BCUT2D eigenvalue weighted by Gasteiger charge is -2.12. The molecule has 0 atom stereocenters. The molecule has 3 rings (SSSR count). The minimum Gasteiger partial charge on any atom is -0.494 e. The van der Waals surface area contributed by atoms with Gasteiger partial charge in [0.1, 0.15) is 0 Å². The molecule has 0 saturated heterocycles. The number of hydrogen-bond acceptors (Lipinski definition) is 6. The molecule has 1 aromatic carbocycles. The zero-order valence-corrected chi connectivity index (χ0v) is 14.0. The summed E-state index contributed by atoms with van der Waals surface area (Å²) in [5.74, 6) is -1.44. The maximum Gasteiger partial charge on any atom is 0.198 e. The van der Waals surface area contributed by atoms with Crippen LogP contribution in [0.3, 0.4) is 0 Å². The number of nitrogens with zero attached hydrogens (tertiary/aromatic N) is 1. The topological polar surface area (TPSA) is 86.5 Å². The summed E-state index contributed by atoms with van der Waals surface area (Å²) in [6.07, 6.45) is 4.09. The summed E-state index contributed by atoms with van der Waals surface area (Å²) >= 11 is 0. The van der Waals surface area contributed by atoms with E-state index in [1.54, 1.807) is 0 Å². The molecular formula is C16H16FNO5S. The third kappa shape index (κ3) is 3.19. The summed E-state index contributed by atoms with van der Waals surface area (Å²) in [5.41, 5.74) is 0.0189. The third-order valence-corrected chi connectivity index (χ3v) is 4.68. The number of carbonyl (C=O) groups is 1. The number of aromatic nitrogens is 1. The Morgan fingerprint density at radius 3 is 2.67 bits per heavy atom. The first-order valence-electron chi connectivity index (χ1n) is 7.34. The lowest BCUT2D eigenvalue weighted by molar-refractivity contribution is 0.103. The zero-order chi connectivity index (χ0) is 17.5. The van der Waals surface area contributed by atoms with E-state index in [4.69, 9.17) is 9.26 Å². The number of rotatable bonds is 6. The largest absolute Gasteiger partial charge is 0.494 e. The normalized spacial score (nSPS) is 14.6. The number of ketones is 1. The fraction of sp³-hybridized carbons (Fsp3) is 0.375. The maximum atomic E-state index is 14.6. The maximum absolute atomic E-state index is 14.6.